The van der Waals surface area contributed by atoms with Crippen LogP contribution in [0.15, 0.2) is 23.1 Å². The highest BCUT2D eigenvalue weighted by Crippen LogP contribution is 2.21. The molecule has 7 nitrogen and oxygen atoms in total. The first kappa shape index (κ1) is 17.6. The van der Waals surface area contributed by atoms with E-state index in [-0.39, 0.29) is 36.8 Å². The second kappa shape index (κ2) is 7.51. The average molecular weight is 317 g/mol. The summed E-state index contributed by atoms with van der Waals surface area (Å²) in [5.41, 5.74) is 0.582. The van der Waals surface area contributed by atoms with Crippen LogP contribution in [0.3, 0.4) is 0 Å². The third-order valence-corrected chi connectivity index (χ3v) is 4.97. The largest absolute Gasteiger partial charge is 0.465 e. The van der Waals surface area contributed by atoms with Gasteiger partial charge < -0.3 is 14.9 Å². The maximum atomic E-state index is 12.5. The molecular formula is C13H19NO6S. The zero-order valence-electron chi connectivity index (χ0n) is 11.9. The number of nitrogens with zero attached hydrogens (tertiary/aromatic N) is 1. The van der Waals surface area contributed by atoms with Gasteiger partial charge >= 0.3 is 5.97 Å². The maximum absolute atomic E-state index is 12.5. The molecule has 118 valence electrons. The Morgan fingerprint density at radius 2 is 1.81 bits per heavy atom. The van der Waals surface area contributed by atoms with E-state index in [0.29, 0.717) is 5.56 Å². The number of esters is 1. The highest BCUT2D eigenvalue weighted by Gasteiger charge is 2.26. The Kier molecular flexibility index (Phi) is 6.28. The van der Waals surface area contributed by atoms with Gasteiger partial charge in [0.25, 0.3) is 0 Å². The van der Waals surface area contributed by atoms with E-state index in [1.165, 1.54) is 25.3 Å². The van der Waals surface area contributed by atoms with Crippen molar-refractivity contribution in [1.82, 2.24) is 4.31 Å². The summed E-state index contributed by atoms with van der Waals surface area (Å²) in [7, 11) is -2.71. The van der Waals surface area contributed by atoms with E-state index >= 15 is 0 Å². The third kappa shape index (κ3) is 4.01. The number of rotatable bonds is 7. The molecule has 0 heterocycles. The molecule has 0 spiro atoms. The van der Waals surface area contributed by atoms with Crippen molar-refractivity contribution in [1.29, 1.82) is 0 Å². The van der Waals surface area contributed by atoms with Crippen LogP contribution in [0.1, 0.15) is 15.9 Å². The number of ether oxygens (including phenoxy) is 1. The van der Waals surface area contributed by atoms with Crippen molar-refractivity contribution in [2.24, 2.45) is 0 Å². The van der Waals surface area contributed by atoms with E-state index in [9.17, 15) is 13.2 Å². The molecule has 21 heavy (non-hydrogen) atoms. The summed E-state index contributed by atoms with van der Waals surface area (Å²) in [6.07, 6.45) is 0. The normalized spacial score (nSPS) is 11.7. The standard InChI is InChI=1S/C13H19NO6S/c1-10-3-4-11(13(17)20-2)9-12(10)21(18,19)14(5-7-15)6-8-16/h3-4,9,15-16H,5-8H2,1-2H3. The van der Waals surface area contributed by atoms with Gasteiger partial charge in [-0.1, -0.05) is 6.07 Å². The monoisotopic (exact) mass is 317 g/mol. The van der Waals surface area contributed by atoms with Gasteiger partial charge in [0.1, 0.15) is 0 Å². The molecule has 0 aliphatic rings. The molecule has 1 rings (SSSR count). The van der Waals surface area contributed by atoms with Crippen LogP contribution in [-0.2, 0) is 14.8 Å². The van der Waals surface area contributed by atoms with Crippen molar-refractivity contribution in [3.05, 3.63) is 29.3 Å². The van der Waals surface area contributed by atoms with Crippen molar-refractivity contribution in [3.63, 3.8) is 0 Å². The fourth-order valence-corrected chi connectivity index (χ4v) is 3.51. The molecule has 0 aliphatic heterocycles. The highest BCUT2D eigenvalue weighted by atomic mass is 32.2. The molecule has 0 saturated carbocycles. The number of methoxy groups -OCH3 is 1. The lowest BCUT2D eigenvalue weighted by atomic mass is 10.1. The highest BCUT2D eigenvalue weighted by molar-refractivity contribution is 7.89. The number of carbonyl (C=O) groups is 1. The van der Waals surface area contributed by atoms with Crippen molar-refractivity contribution >= 4 is 16.0 Å². The van der Waals surface area contributed by atoms with E-state index in [1.807, 2.05) is 0 Å². The molecule has 0 amide bonds. The van der Waals surface area contributed by atoms with Gasteiger partial charge in [-0.05, 0) is 24.6 Å². The minimum absolute atomic E-state index is 0.0488. The molecule has 0 aliphatic carbocycles. The second-order valence-corrected chi connectivity index (χ2v) is 6.23. The van der Waals surface area contributed by atoms with Crippen molar-refractivity contribution < 1.29 is 28.2 Å². The number of sulfonamides is 1. The van der Waals surface area contributed by atoms with Crippen LogP contribution < -0.4 is 0 Å². The summed E-state index contributed by atoms with van der Waals surface area (Å²) >= 11 is 0. The van der Waals surface area contributed by atoms with E-state index in [1.54, 1.807) is 6.92 Å². The number of carbonyl (C=O) groups excluding carboxylic acids is 1. The smallest absolute Gasteiger partial charge is 0.337 e. The van der Waals surface area contributed by atoms with Crippen LogP contribution in [0, 0.1) is 6.92 Å². The summed E-state index contributed by atoms with van der Waals surface area (Å²) in [5.74, 6) is -0.637. The second-order valence-electron chi connectivity index (χ2n) is 4.32. The van der Waals surface area contributed by atoms with Gasteiger partial charge in [-0.15, -0.1) is 0 Å². The zero-order chi connectivity index (χ0) is 16.0. The van der Waals surface area contributed by atoms with Crippen LogP contribution in [-0.4, -0.2) is 62.3 Å². The number of aryl methyl sites for hydroxylation is 1. The van der Waals surface area contributed by atoms with Crippen LogP contribution in [0.5, 0.6) is 0 Å². The molecule has 1 aromatic carbocycles. The lowest BCUT2D eigenvalue weighted by Crippen LogP contribution is -2.36. The van der Waals surface area contributed by atoms with Gasteiger partial charge in [0.15, 0.2) is 0 Å². The number of aliphatic hydroxyl groups excluding tert-OH is 2. The lowest BCUT2D eigenvalue weighted by Gasteiger charge is -2.21. The Hall–Kier alpha value is -1.48. The maximum Gasteiger partial charge on any atom is 0.337 e. The Morgan fingerprint density at radius 1 is 1.24 bits per heavy atom. The summed E-state index contributed by atoms with van der Waals surface area (Å²) in [6.45, 7) is 0.601. The van der Waals surface area contributed by atoms with Crippen molar-refractivity contribution in [2.75, 3.05) is 33.4 Å². The molecule has 2 N–H and O–H groups in total. The number of aliphatic hydroxyl groups is 2. The van der Waals surface area contributed by atoms with Crippen molar-refractivity contribution in [3.8, 4) is 0 Å². The van der Waals surface area contributed by atoms with E-state index in [2.05, 4.69) is 4.74 Å². The predicted octanol–water partition coefficient (Wildman–Crippen LogP) is -0.243. The zero-order valence-corrected chi connectivity index (χ0v) is 12.8. The molecule has 0 saturated heterocycles. The average Bonchev–Trinajstić information content (AvgIpc) is 2.46. The summed E-state index contributed by atoms with van der Waals surface area (Å²) < 4.78 is 30.6. The lowest BCUT2D eigenvalue weighted by molar-refractivity contribution is 0.0600. The molecule has 0 radical (unpaired) electrons. The van der Waals surface area contributed by atoms with E-state index in [4.69, 9.17) is 10.2 Å². The molecule has 0 bridgehead atoms. The molecule has 8 heteroatoms. The Morgan fingerprint density at radius 3 is 2.29 bits per heavy atom. The molecule has 1 aromatic rings. The fourth-order valence-electron chi connectivity index (χ4n) is 1.84. The van der Waals surface area contributed by atoms with Crippen molar-refractivity contribution in [2.45, 2.75) is 11.8 Å². The van der Waals surface area contributed by atoms with Gasteiger partial charge in [-0.3, -0.25) is 0 Å². The number of hydrogen-bond donors (Lipinski definition) is 2. The Balaban J connectivity index is 3.31. The van der Waals surface area contributed by atoms with Gasteiger partial charge in [-0.2, -0.15) is 4.31 Å². The summed E-state index contributed by atoms with van der Waals surface area (Å²) in [6, 6.07) is 4.22. The Labute approximate surface area is 123 Å². The van der Waals surface area contributed by atoms with Gasteiger partial charge in [0.05, 0.1) is 30.8 Å². The molecule has 0 fully saturated rings. The number of hydrogen-bond acceptors (Lipinski definition) is 6. The first-order valence-corrected chi connectivity index (χ1v) is 7.73. The van der Waals surface area contributed by atoms with Crippen LogP contribution in [0.25, 0.3) is 0 Å². The van der Waals surface area contributed by atoms with Gasteiger partial charge in [0, 0.05) is 13.1 Å². The first-order chi connectivity index (χ1) is 9.88. The molecule has 0 aromatic heterocycles. The molecule has 0 unspecified atom stereocenters. The minimum Gasteiger partial charge on any atom is -0.465 e. The minimum atomic E-state index is -3.91. The van der Waals surface area contributed by atoms with E-state index in [0.717, 1.165) is 4.31 Å². The molecular weight excluding hydrogens is 298 g/mol. The van der Waals surface area contributed by atoms with Gasteiger partial charge in [0.2, 0.25) is 10.0 Å². The third-order valence-electron chi connectivity index (χ3n) is 2.93. The molecule has 0 atom stereocenters. The quantitative estimate of drug-likeness (QED) is 0.673. The van der Waals surface area contributed by atoms with E-state index < -0.39 is 16.0 Å². The SMILES string of the molecule is COC(=O)c1ccc(C)c(S(=O)(=O)N(CCO)CCO)c1. The summed E-state index contributed by atoms with van der Waals surface area (Å²) in [4.78, 5) is 11.5. The predicted molar refractivity (Wildman–Crippen MR) is 75.4 cm³/mol. The summed E-state index contributed by atoms with van der Waals surface area (Å²) in [5, 5.41) is 17.9. The number of benzene rings is 1. The first-order valence-electron chi connectivity index (χ1n) is 6.29. The Bertz CT molecular complexity index is 593. The van der Waals surface area contributed by atoms with Crippen LogP contribution >= 0.6 is 0 Å². The topological polar surface area (TPSA) is 104 Å². The van der Waals surface area contributed by atoms with Gasteiger partial charge in [-0.25, -0.2) is 13.2 Å². The van der Waals surface area contributed by atoms with Crippen LogP contribution in [0.2, 0.25) is 0 Å². The fraction of sp³-hybridized carbons (Fsp3) is 0.462. The van der Waals surface area contributed by atoms with Crippen LogP contribution in [0.4, 0.5) is 0 Å².